The van der Waals surface area contributed by atoms with Crippen LogP contribution in [0.3, 0.4) is 0 Å². The Hall–Kier alpha value is -2.33. The SMILES string of the molecule is FCCCN1CCC(Oc2ccc(C3=C(c4ccc(Cl)cc4Cl)CCCc4c[c]ccc43)cc2)C1. The van der Waals surface area contributed by atoms with Gasteiger partial charge < -0.3 is 4.74 Å². The fourth-order valence-electron chi connectivity index (χ4n) is 5.26. The summed E-state index contributed by atoms with van der Waals surface area (Å²) < 4.78 is 18.8. The van der Waals surface area contributed by atoms with Crippen molar-refractivity contribution in [3.05, 3.63) is 99.0 Å². The number of hydrogen-bond acceptors (Lipinski definition) is 2. The minimum atomic E-state index is -0.260. The van der Waals surface area contributed by atoms with E-state index in [4.69, 9.17) is 27.9 Å². The molecule has 5 rings (SSSR count). The number of fused-ring (bicyclic) bond motifs is 1. The van der Waals surface area contributed by atoms with Crippen LogP contribution in [0.2, 0.25) is 10.0 Å². The highest BCUT2D eigenvalue weighted by molar-refractivity contribution is 6.36. The van der Waals surface area contributed by atoms with Crippen LogP contribution in [0.4, 0.5) is 4.39 Å². The van der Waals surface area contributed by atoms with E-state index in [0.717, 1.165) is 62.2 Å². The second-order valence-corrected chi connectivity index (χ2v) is 10.2. The molecule has 3 aromatic carbocycles. The quantitative estimate of drug-likeness (QED) is 0.321. The third-order valence-electron chi connectivity index (χ3n) is 6.93. The molecule has 1 unspecified atom stereocenters. The van der Waals surface area contributed by atoms with E-state index in [0.29, 0.717) is 16.5 Å². The molecule has 1 aliphatic heterocycles. The van der Waals surface area contributed by atoms with Crippen molar-refractivity contribution in [3.8, 4) is 5.75 Å². The number of hydrogen-bond donors (Lipinski definition) is 0. The van der Waals surface area contributed by atoms with Crippen LogP contribution in [0.1, 0.15) is 47.9 Å². The maximum absolute atomic E-state index is 12.5. The van der Waals surface area contributed by atoms with Crippen LogP contribution in [0.25, 0.3) is 11.1 Å². The normalized spacial score (nSPS) is 18.4. The highest BCUT2D eigenvalue weighted by Crippen LogP contribution is 2.42. The average molecular weight is 509 g/mol. The van der Waals surface area contributed by atoms with Crippen molar-refractivity contribution in [2.75, 3.05) is 26.3 Å². The van der Waals surface area contributed by atoms with E-state index >= 15 is 0 Å². The fourth-order valence-corrected chi connectivity index (χ4v) is 5.79. The predicted molar refractivity (Wildman–Crippen MR) is 143 cm³/mol. The fraction of sp³-hybridized carbons (Fsp3) is 0.333. The van der Waals surface area contributed by atoms with Crippen LogP contribution in [-0.2, 0) is 6.42 Å². The second kappa shape index (κ2) is 11.2. The Balaban J connectivity index is 1.47. The number of likely N-dealkylation sites (tertiary alicyclic amines) is 1. The highest BCUT2D eigenvalue weighted by atomic mass is 35.5. The summed E-state index contributed by atoms with van der Waals surface area (Å²) in [5.74, 6) is 0.869. The zero-order valence-electron chi connectivity index (χ0n) is 19.7. The Kier molecular flexibility index (Phi) is 7.77. The van der Waals surface area contributed by atoms with Gasteiger partial charge in [0.05, 0.1) is 6.67 Å². The lowest BCUT2D eigenvalue weighted by Gasteiger charge is -2.19. The summed E-state index contributed by atoms with van der Waals surface area (Å²) in [6.07, 6.45) is 4.70. The van der Waals surface area contributed by atoms with Crippen molar-refractivity contribution in [1.29, 1.82) is 0 Å². The van der Waals surface area contributed by atoms with Crippen LogP contribution >= 0.6 is 23.2 Å². The molecule has 1 fully saturated rings. The first-order chi connectivity index (χ1) is 17.1. The second-order valence-electron chi connectivity index (χ2n) is 9.31. The molecular weight excluding hydrogens is 480 g/mol. The number of allylic oxidation sites excluding steroid dienone is 1. The molecule has 1 saturated heterocycles. The number of rotatable bonds is 7. The minimum Gasteiger partial charge on any atom is -0.489 e. The molecular formula is C30H29Cl2FNO. The third kappa shape index (κ3) is 5.58. The monoisotopic (exact) mass is 508 g/mol. The van der Waals surface area contributed by atoms with Crippen molar-refractivity contribution >= 4 is 34.3 Å². The predicted octanol–water partition coefficient (Wildman–Crippen LogP) is 7.90. The van der Waals surface area contributed by atoms with E-state index in [1.54, 1.807) is 0 Å². The molecule has 1 aliphatic carbocycles. The van der Waals surface area contributed by atoms with Gasteiger partial charge in [-0.2, -0.15) is 0 Å². The molecule has 5 heteroatoms. The minimum absolute atomic E-state index is 0.150. The van der Waals surface area contributed by atoms with Crippen molar-refractivity contribution in [2.24, 2.45) is 0 Å². The van der Waals surface area contributed by atoms with Gasteiger partial charge in [-0.05, 0) is 95.8 Å². The first kappa shape index (κ1) is 24.4. The van der Waals surface area contributed by atoms with Crippen LogP contribution < -0.4 is 4.74 Å². The number of alkyl halides is 1. The molecule has 0 amide bonds. The zero-order valence-corrected chi connectivity index (χ0v) is 21.2. The maximum Gasteiger partial charge on any atom is 0.119 e. The Morgan fingerprint density at radius 2 is 1.89 bits per heavy atom. The summed E-state index contributed by atoms with van der Waals surface area (Å²) >= 11 is 12.9. The van der Waals surface area contributed by atoms with Crippen LogP contribution in [-0.4, -0.2) is 37.3 Å². The molecule has 2 aliphatic rings. The Morgan fingerprint density at radius 1 is 1.03 bits per heavy atom. The Morgan fingerprint density at radius 3 is 2.69 bits per heavy atom. The molecule has 35 heavy (non-hydrogen) atoms. The summed E-state index contributed by atoms with van der Waals surface area (Å²) in [6.45, 7) is 2.37. The molecule has 1 heterocycles. The van der Waals surface area contributed by atoms with E-state index in [9.17, 15) is 4.39 Å². The summed E-state index contributed by atoms with van der Waals surface area (Å²) in [5.41, 5.74) is 7.16. The lowest BCUT2D eigenvalue weighted by Crippen LogP contribution is -2.26. The van der Waals surface area contributed by atoms with Gasteiger partial charge in [0.2, 0.25) is 0 Å². The molecule has 181 valence electrons. The van der Waals surface area contributed by atoms with E-state index in [-0.39, 0.29) is 12.8 Å². The van der Waals surface area contributed by atoms with Gasteiger partial charge in [0.15, 0.2) is 0 Å². The lowest BCUT2D eigenvalue weighted by atomic mass is 9.88. The summed E-state index contributed by atoms with van der Waals surface area (Å²) in [4.78, 5) is 2.28. The van der Waals surface area contributed by atoms with Gasteiger partial charge >= 0.3 is 0 Å². The van der Waals surface area contributed by atoms with Crippen LogP contribution in [0.15, 0.2) is 60.7 Å². The molecule has 1 radical (unpaired) electrons. The van der Waals surface area contributed by atoms with Gasteiger partial charge in [-0.3, -0.25) is 9.29 Å². The molecule has 0 aromatic heterocycles. The summed E-state index contributed by atoms with van der Waals surface area (Å²) in [7, 11) is 0. The Bertz CT molecular complexity index is 1210. The van der Waals surface area contributed by atoms with E-state index in [1.165, 1.54) is 22.3 Å². The van der Waals surface area contributed by atoms with Gasteiger partial charge in [-0.15, -0.1) is 0 Å². The lowest BCUT2D eigenvalue weighted by molar-refractivity contribution is 0.198. The van der Waals surface area contributed by atoms with Gasteiger partial charge in [-0.25, -0.2) is 0 Å². The molecule has 0 spiro atoms. The van der Waals surface area contributed by atoms with Gasteiger partial charge in [0, 0.05) is 29.7 Å². The number of halogens is 3. The smallest absolute Gasteiger partial charge is 0.119 e. The number of aryl methyl sites for hydroxylation is 1. The van der Waals surface area contributed by atoms with Crippen molar-refractivity contribution in [2.45, 2.75) is 38.2 Å². The van der Waals surface area contributed by atoms with Crippen molar-refractivity contribution in [1.82, 2.24) is 4.90 Å². The number of nitrogens with zero attached hydrogens (tertiary/aromatic N) is 1. The van der Waals surface area contributed by atoms with Crippen LogP contribution in [0, 0.1) is 6.07 Å². The third-order valence-corrected chi connectivity index (χ3v) is 7.48. The first-order valence-electron chi connectivity index (χ1n) is 12.4. The average Bonchev–Trinajstić information content (AvgIpc) is 3.22. The molecule has 2 nitrogen and oxygen atoms in total. The standard InChI is InChI=1S/C30H29Cl2FNO/c31-23-11-14-27(29(32)19-23)28-8-3-6-21-5-1-2-7-26(21)30(28)22-9-12-24(13-10-22)35-25-15-18-34(20-25)17-4-16-33/h2,5,7,9-14,19,25H,3-4,6,8,15-18,20H2. The van der Waals surface area contributed by atoms with Gasteiger partial charge in [0.1, 0.15) is 11.9 Å². The topological polar surface area (TPSA) is 12.5 Å². The Labute approximate surface area is 217 Å². The number of benzene rings is 3. The van der Waals surface area contributed by atoms with Crippen LogP contribution in [0.5, 0.6) is 5.75 Å². The summed E-state index contributed by atoms with van der Waals surface area (Å²) in [5, 5.41) is 1.32. The number of ether oxygens (including phenoxy) is 1. The van der Waals surface area contributed by atoms with E-state index in [1.807, 2.05) is 24.3 Å². The molecule has 1 atom stereocenters. The zero-order chi connectivity index (χ0) is 24.2. The largest absolute Gasteiger partial charge is 0.489 e. The van der Waals surface area contributed by atoms with Gasteiger partial charge in [0.25, 0.3) is 0 Å². The molecule has 0 N–H and O–H groups in total. The van der Waals surface area contributed by atoms with Crippen molar-refractivity contribution < 1.29 is 9.13 Å². The molecule has 0 bridgehead atoms. The first-order valence-corrected chi connectivity index (χ1v) is 13.1. The van der Waals surface area contributed by atoms with E-state index < -0.39 is 0 Å². The molecule has 0 saturated carbocycles. The van der Waals surface area contributed by atoms with Crippen molar-refractivity contribution in [3.63, 3.8) is 0 Å². The maximum atomic E-state index is 12.5. The van der Waals surface area contributed by atoms with E-state index in [2.05, 4.69) is 47.4 Å². The molecule has 3 aromatic rings. The highest BCUT2D eigenvalue weighted by Gasteiger charge is 2.24. The summed E-state index contributed by atoms with van der Waals surface area (Å²) in [6, 6.07) is 23.7. The van der Waals surface area contributed by atoms with Gasteiger partial charge in [-0.1, -0.05) is 59.6 Å².